The van der Waals surface area contributed by atoms with Crippen LogP contribution in [0.15, 0.2) is 51.7 Å². The molecule has 0 fully saturated rings. The highest BCUT2D eigenvalue weighted by molar-refractivity contribution is 9.10. The van der Waals surface area contributed by atoms with Crippen LogP contribution in [0.25, 0.3) is 16.7 Å². The summed E-state index contributed by atoms with van der Waals surface area (Å²) in [6, 6.07) is 13.6. The Labute approximate surface area is 112 Å². The highest BCUT2D eigenvalue weighted by Gasteiger charge is 2.10. The molecule has 3 aromatic rings. The lowest BCUT2D eigenvalue weighted by Gasteiger charge is -2.05. The highest BCUT2D eigenvalue weighted by atomic mass is 79.9. The molecule has 4 heteroatoms. The maximum atomic E-state index is 12.1. The molecule has 0 aliphatic carbocycles. The van der Waals surface area contributed by atoms with E-state index in [1.54, 1.807) is 4.57 Å². The Bertz CT molecular complexity index is 786. The molecule has 0 bridgehead atoms. The zero-order valence-electron chi connectivity index (χ0n) is 9.77. The lowest BCUT2D eigenvalue weighted by Crippen LogP contribution is -2.14. The topological polar surface area (TPSA) is 37.8 Å². The van der Waals surface area contributed by atoms with Crippen LogP contribution in [0.4, 0.5) is 0 Å². The first-order valence-corrected chi connectivity index (χ1v) is 6.42. The van der Waals surface area contributed by atoms with E-state index in [0.717, 1.165) is 26.8 Å². The van der Waals surface area contributed by atoms with Crippen LogP contribution in [0.5, 0.6) is 0 Å². The van der Waals surface area contributed by atoms with Gasteiger partial charge in [0.15, 0.2) is 0 Å². The number of para-hydroxylation sites is 1. The van der Waals surface area contributed by atoms with Crippen LogP contribution in [0.2, 0.25) is 0 Å². The molecular formula is C14H11BrN2O. The minimum atomic E-state index is -0.123. The smallest absolute Gasteiger partial charge is 0.305 e. The number of halogens is 1. The molecule has 90 valence electrons. The van der Waals surface area contributed by atoms with Crippen molar-refractivity contribution in [2.75, 3.05) is 0 Å². The number of aryl methyl sites for hydroxylation is 1. The fraction of sp³-hybridized carbons (Fsp3) is 0.0714. The monoisotopic (exact) mass is 302 g/mol. The molecule has 0 aliphatic heterocycles. The summed E-state index contributed by atoms with van der Waals surface area (Å²) in [4.78, 5) is 15.0. The molecule has 0 radical (unpaired) electrons. The second kappa shape index (κ2) is 4.14. The van der Waals surface area contributed by atoms with Gasteiger partial charge < -0.3 is 4.98 Å². The van der Waals surface area contributed by atoms with E-state index in [1.165, 1.54) is 0 Å². The number of rotatable bonds is 1. The second-order valence-corrected chi connectivity index (χ2v) is 5.09. The van der Waals surface area contributed by atoms with Gasteiger partial charge in [0.25, 0.3) is 0 Å². The van der Waals surface area contributed by atoms with Crippen LogP contribution in [0, 0.1) is 6.92 Å². The molecule has 1 aromatic heterocycles. The Balaban J connectivity index is 2.40. The van der Waals surface area contributed by atoms with E-state index in [0.29, 0.717) is 0 Å². The fourth-order valence-corrected chi connectivity index (χ4v) is 2.56. The van der Waals surface area contributed by atoms with Gasteiger partial charge in [-0.3, -0.25) is 4.57 Å². The maximum absolute atomic E-state index is 12.1. The van der Waals surface area contributed by atoms with Gasteiger partial charge in [0, 0.05) is 4.47 Å². The normalized spacial score (nSPS) is 11.0. The van der Waals surface area contributed by atoms with Crippen LogP contribution < -0.4 is 5.69 Å². The Hall–Kier alpha value is -1.81. The van der Waals surface area contributed by atoms with Crippen molar-refractivity contribution in [3.05, 3.63) is 63.0 Å². The van der Waals surface area contributed by atoms with Gasteiger partial charge in [0.1, 0.15) is 0 Å². The zero-order valence-corrected chi connectivity index (χ0v) is 11.4. The third-order valence-electron chi connectivity index (χ3n) is 2.93. The van der Waals surface area contributed by atoms with Crippen molar-refractivity contribution in [1.29, 1.82) is 0 Å². The Morgan fingerprint density at radius 1 is 1.17 bits per heavy atom. The van der Waals surface area contributed by atoms with Crippen molar-refractivity contribution in [3.63, 3.8) is 0 Å². The molecule has 0 unspecified atom stereocenters. The van der Waals surface area contributed by atoms with E-state index in [-0.39, 0.29) is 5.69 Å². The molecule has 0 saturated carbocycles. The molecule has 0 aliphatic rings. The number of hydrogen-bond acceptors (Lipinski definition) is 1. The highest BCUT2D eigenvalue weighted by Crippen LogP contribution is 2.23. The quantitative estimate of drug-likeness (QED) is 0.735. The molecule has 1 heterocycles. The molecule has 1 N–H and O–H groups in total. The largest absolute Gasteiger partial charge is 0.331 e. The van der Waals surface area contributed by atoms with E-state index in [2.05, 4.69) is 20.9 Å². The number of nitrogens with one attached hydrogen (secondary N) is 1. The molecule has 18 heavy (non-hydrogen) atoms. The van der Waals surface area contributed by atoms with E-state index < -0.39 is 0 Å². The number of hydrogen-bond donors (Lipinski definition) is 1. The first-order valence-electron chi connectivity index (χ1n) is 5.63. The van der Waals surface area contributed by atoms with Gasteiger partial charge >= 0.3 is 5.69 Å². The molecule has 3 nitrogen and oxygen atoms in total. The summed E-state index contributed by atoms with van der Waals surface area (Å²) in [5.74, 6) is 0. The number of aromatic nitrogens is 2. The van der Waals surface area contributed by atoms with Crippen LogP contribution >= 0.6 is 15.9 Å². The van der Waals surface area contributed by atoms with Gasteiger partial charge in [-0.2, -0.15) is 0 Å². The number of aromatic amines is 1. The minimum absolute atomic E-state index is 0.123. The fourth-order valence-electron chi connectivity index (χ4n) is 2.10. The predicted molar refractivity (Wildman–Crippen MR) is 76.3 cm³/mol. The number of H-pyrrole nitrogens is 1. The average molecular weight is 303 g/mol. The van der Waals surface area contributed by atoms with Crippen molar-refractivity contribution in [2.24, 2.45) is 0 Å². The summed E-state index contributed by atoms with van der Waals surface area (Å²) < 4.78 is 2.58. The molecule has 0 spiro atoms. The van der Waals surface area contributed by atoms with Gasteiger partial charge in [-0.1, -0.05) is 18.2 Å². The Morgan fingerprint density at radius 2 is 1.94 bits per heavy atom. The first-order chi connectivity index (χ1) is 8.66. The molecule has 0 saturated heterocycles. The number of fused-ring (bicyclic) bond motifs is 1. The van der Waals surface area contributed by atoms with E-state index in [1.807, 2.05) is 49.4 Å². The average Bonchev–Trinajstić information content (AvgIpc) is 2.65. The molecular weight excluding hydrogens is 292 g/mol. The second-order valence-electron chi connectivity index (χ2n) is 4.24. The third-order valence-corrected chi connectivity index (χ3v) is 3.60. The van der Waals surface area contributed by atoms with Crippen LogP contribution in [0.1, 0.15) is 5.56 Å². The van der Waals surface area contributed by atoms with Gasteiger partial charge in [0.2, 0.25) is 0 Å². The molecule has 2 aromatic carbocycles. The number of imidazole rings is 1. The maximum Gasteiger partial charge on any atom is 0.331 e. The number of nitrogens with zero attached hydrogens (tertiary/aromatic N) is 1. The van der Waals surface area contributed by atoms with Crippen molar-refractivity contribution >= 4 is 27.0 Å². The Morgan fingerprint density at radius 3 is 2.72 bits per heavy atom. The van der Waals surface area contributed by atoms with Crippen molar-refractivity contribution in [3.8, 4) is 5.69 Å². The lowest BCUT2D eigenvalue weighted by atomic mass is 10.2. The summed E-state index contributed by atoms with van der Waals surface area (Å²) >= 11 is 3.48. The van der Waals surface area contributed by atoms with Crippen LogP contribution in [-0.2, 0) is 0 Å². The summed E-state index contributed by atoms with van der Waals surface area (Å²) in [7, 11) is 0. The summed E-state index contributed by atoms with van der Waals surface area (Å²) in [5.41, 5.74) is 3.59. The van der Waals surface area contributed by atoms with E-state index >= 15 is 0 Å². The third kappa shape index (κ3) is 1.69. The van der Waals surface area contributed by atoms with Crippen LogP contribution in [-0.4, -0.2) is 9.55 Å². The zero-order chi connectivity index (χ0) is 12.7. The summed E-state index contributed by atoms with van der Waals surface area (Å²) in [6.07, 6.45) is 0. The standard InChI is InChI=1S/C14H11BrN2O/c1-9-6-7-13-11(8-9)16-14(18)17(13)12-5-3-2-4-10(12)15/h2-8H,1H3,(H,16,18). The molecule has 0 atom stereocenters. The lowest BCUT2D eigenvalue weighted by molar-refractivity contribution is 1.01. The molecule has 3 rings (SSSR count). The summed E-state index contributed by atoms with van der Waals surface area (Å²) in [6.45, 7) is 2.01. The van der Waals surface area contributed by atoms with Crippen molar-refractivity contribution < 1.29 is 0 Å². The van der Waals surface area contributed by atoms with Gasteiger partial charge in [-0.15, -0.1) is 0 Å². The number of benzene rings is 2. The summed E-state index contributed by atoms with van der Waals surface area (Å²) in [5, 5.41) is 0. The van der Waals surface area contributed by atoms with E-state index in [9.17, 15) is 4.79 Å². The first kappa shape index (κ1) is 11.3. The van der Waals surface area contributed by atoms with Gasteiger partial charge in [-0.25, -0.2) is 4.79 Å². The predicted octanol–water partition coefficient (Wildman–Crippen LogP) is 3.39. The Kier molecular flexibility index (Phi) is 2.59. The van der Waals surface area contributed by atoms with Crippen LogP contribution in [0.3, 0.4) is 0 Å². The van der Waals surface area contributed by atoms with Crippen molar-refractivity contribution in [1.82, 2.24) is 9.55 Å². The minimum Gasteiger partial charge on any atom is -0.305 e. The van der Waals surface area contributed by atoms with Gasteiger partial charge in [-0.05, 0) is 52.7 Å². The molecule has 0 amide bonds. The van der Waals surface area contributed by atoms with E-state index in [4.69, 9.17) is 0 Å². The van der Waals surface area contributed by atoms with Crippen molar-refractivity contribution in [2.45, 2.75) is 6.92 Å². The van der Waals surface area contributed by atoms with Gasteiger partial charge in [0.05, 0.1) is 16.7 Å². The SMILES string of the molecule is Cc1ccc2c(c1)[nH]c(=O)n2-c1ccccc1Br.